The van der Waals surface area contributed by atoms with Crippen LogP contribution in [0.2, 0.25) is 0 Å². The summed E-state index contributed by atoms with van der Waals surface area (Å²) in [4.78, 5) is 20.3. The number of benzene rings is 1. The van der Waals surface area contributed by atoms with E-state index in [0.29, 0.717) is 5.92 Å². The van der Waals surface area contributed by atoms with Gasteiger partial charge in [-0.25, -0.2) is 4.98 Å². The maximum Gasteiger partial charge on any atom is 0.270 e. The number of amides is 1. The van der Waals surface area contributed by atoms with Crippen molar-refractivity contribution in [3.8, 4) is 0 Å². The summed E-state index contributed by atoms with van der Waals surface area (Å²) in [7, 11) is 0. The largest absolute Gasteiger partial charge is 0.307 e. The molecule has 3 nitrogen and oxygen atoms in total. The van der Waals surface area contributed by atoms with Gasteiger partial charge in [0.2, 0.25) is 0 Å². The zero-order chi connectivity index (χ0) is 14.4. The van der Waals surface area contributed by atoms with Crippen LogP contribution in [0.1, 0.15) is 51.1 Å². The third-order valence-electron chi connectivity index (χ3n) is 4.29. The number of carbonyl (C=O) groups is 1. The van der Waals surface area contributed by atoms with Crippen molar-refractivity contribution < 1.29 is 4.79 Å². The van der Waals surface area contributed by atoms with Gasteiger partial charge in [-0.2, -0.15) is 0 Å². The van der Waals surface area contributed by atoms with Gasteiger partial charge >= 0.3 is 0 Å². The fourth-order valence-corrected chi connectivity index (χ4v) is 4.17. The van der Waals surface area contributed by atoms with Crippen LogP contribution in [0.25, 0.3) is 0 Å². The Morgan fingerprint density at radius 3 is 2.95 bits per heavy atom. The summed E-state index contributed by atoms with van der Waals surface area (Å²) >= 11 is 1.60. The van der Waals surface area contributed by atoms with E-state index in [2.05, 4.69) is 23.2 Å². The van der Waals surface area contributed by atoms with E-state index >= 15 is 0 Å². The van der Waals surface area contributed by atoms with E-state index in [4.69, 9.17) is 0 Å². The van der Waals surface area contributed by atoms with Gasteiger partial charge in [-0.15, -0.1) is 11.3 Å². The molecule has 2 heterocycles. The van der Waals surface area contributed by atoms with Gasteiger partial charge in [0.1, 0.15) is 4.88 Å². The van der Waals surface area contributed by atoms with E-state index in [-0.39, 0.29) is 5.91 Å². The molecule has 0 radical (unpaired) electrons. The highest BCUT2D eigenvalue weighted by molar-refractivity contribution is 7.14. The molecule has 1 aromatic carbocycles. The maximum absolute atomic E-state index is 12.9. The summed E-state index contributed by atoms with van der Waals surface area (Å²) in [6.45, 7) is 2.78. The fraction of sp³-hybridized carbons (Fsp3) is 0.412. The first-order chi connectivity index (χ1) is 10.2. The van der Waals surface area contributed by atoms with Crippen molar-refractivity contribution in [1.82, 2.24) is 4.98 Å². The molecule has 2 aliphatic rings. The number of anilines is 1. The molecule has 2 aromatic rings. The SMILES string of the molecule is Cc1nc(C2CC2)sc1C(=O)N1CCCc2ccccc21. The van der Waals surface area contributed by atoms with Crippen molar-refractivity contribution in [2.24, 2.45) is 0 Å². The lowest BCUT2D eigenvalue weighted by atomic mass is 10.0. The van der Waals surface area contributed by atoms with E-state index in [1.165, 1.54) is 18.4 Å². The predicted octanol–water partition coefficient (Wildman–Crippen LogP) is 3.92. The number of hydrogen-bond acceptors (Lipinski definition) is 3. The first kappa shape index (κ1) is 13.0. The lowest BCUT2D eigenvalue weighted by Gasteiger charge is -2.29. The van der Waals surface area contributed by atoms with Gasteiger partial charge in [-0.05, 0) is 44.2 Å². The third-order valence-corrected chi connectivity index (χ3v) is 5.60. The highest BCUT2D eigenvalue weighted by Gasteiger charge is 2.31. The Labute approximate surface area is 128 Å². The van der Waals surface area contributed by atoms with Crippen LogP contribution in [0.3, 0.4) is 0 Å². The van der Waals surface area contributed by atoms with Crippen molar-refractivity contribution in [3.63, 3.8) is 0 Å². The molecule has 21 heavy (non-hydrogen) atoms. The molecule has 1 aliphatic heterocycles. The second-order valence-electron chi connectivity index (χ2n) is 5.93. The van der Waals surface area contributed by atoms with E-state index < -0.39 is 0 Å². The van der Waals surface area contributed by atoms with E-state index in [0.717, 1.165) is 40.7 Å². The molecule has 0 bridgehead atoms. The molecule has 0 saturated heterocycles. The van der Waals surface area contributed by atoms with Gasteiger partial charge in [0.15, 0.2) is 0 Å². The number of aromatic nitrogens is 1. The minimum absolute atomic E-state index is 0.129. The Morgan fingerprint density at radius 2 is 2.14 bits per heavy atom. The smallest absolute Gasteiger partial charge is 0.270 e. The summed E-state index contributed by atoms with van der Waals surface area (Å²) in [6.07, 6.45) is 4.56. The van der Waals surface area contributed by atoms with Crippen LogP contribution in [0.5, 0.6) is 0 Å². The van der Waals surface area contributed by atoms with Crippen LogP contribution in [0.15, 0.2) is 24.3 Å². The second-order valence-corrected chi connectivity index (χ2v) is 6.96. The number of aryl methyl sites for hydroxylation is 2. The molecular formula is C17H18N2OS. The number of thiazole rings is 1. The van der Waals surface area contributed by atoms with Gasteiger partial charge in [0, 0.05) is 18.2 Å². The fourth-order valence-electron chi connectivity index (χ4n) is 2.99. The lowest BCUT2D eigenvalue weighted by molar-refractivity contribution is 0.0988. The monoisotopic (exact) mass is 298 g/mol. The molecule has 1 aromatic heterocycles. The highest BCUT2D eigenvalue weighted by Crippen LogP contribution is 2.43. The Morgan fingerprint density at radius 1 is 1.33 bits per heavy atom. The maximum atomic E-state index is 12.9. The molecule has 1 amide bonds. The van der Waals surface area contributed by atoms with Gasteiger partial charge in [-0.1, -0.05) is 18.2 Å². The molecular weight excluding hydrogens is 280 g/mol. The van der Waals surface area contributed by atoms with Gasteiger partial charge < -0.3 is 4.90 Å². The Balaban J connectivity index is 1.69. The van der Waals surface area contributed by atoms with Crippen LogP contribution < -0.4 is 4.90 Å². The number of nitrogens with zero attached hydrogens (tertiary/aromatic N) is 2. The van der Waals surface area contributed by atoms with Crippen LogP contribution in [0.4, 0.5) is 5.69 Å². The number of fused-ring (bicyclic) bond motifs is 1. The molecule has 4 rings (SSSR count). The highest BCUT2D eigenvalue weighted by atomic mass is 32.1. The molecule has 1 fully saturated rings. The number of hydrogen-bond donors (Lipinski definition) is 0. The van der Waals surface area contributed by atoms with Crippen molar-refractivity contribution in [1.29, 1.82) is 0 Å². The normalized spacial score (nSPS) is 17.7. The quantitative estimate of drug-likeness (QED) is 0.842. The summed E-state index contributed by atoms with van der Waals surface area (Å²) in [5.74, 6) is 0.743. The van der Waals surface area contributed by atoms with Crippen molar-refractivity contribution in [2.45, 2.75) is 38.5 Å². The average Bonchev–Trinajstić information content (AvgIpc) is 3.29. The summed E-state index contributed by atoms with van der Waals surface area (Å²) in [5, 5.41) is 1.15. The standard InChI is InChI=1S/C17H18N2OS/c1-11-15(21-16(18-11)13-8-9-13)17(20)19-10-4-6-12-5-2-3-7-14(12)19/h2-3,5,7,13H,4,6,8-10H2,1H3. The molecule has 1 saturated carbocycles. The molecule has 0 unspecified atom stereocenters. The zero-order valence-electron chi connectivity index (χ0n) is 12.1. The zero-order valence-corrected chi connectivity index (χ0v) is 12.9. The first-order valence-corrected chi connectivity index (χ1v) is 8.43. The average molecular weight is 298 g/mol. The molecule has 1 aliphatic carbocycles. The number of carbonyl (C=O) groups excluding carboxylic acids is 1. The minimum atomic E-state index is 0.129. The van der Waals surface area contributed by atoms with Crippen LogP contribution in [0, 0.1) is 6.92 Å². The van der Waals surface area contributed by atoms with Gasteiger partial charge in [0.25, 0.3) is 5.91 Å². The van der Waals surface area contributed by atoms with E-state index in [9.17, 15) is 4.79 Å². The molecule has 0 spiro atoms. The lowest BCUT2D eigenvalue weighted by Crippen LogP contribution is -2.35. The first-order valence-electron chi connectivity index (χ1n) is 7.61. The Hall–Kier alpha value is -1.68. The summed E-state index contributed by atoms with van der Waals surface area (Å²) in [5.41, 5.74) is 3.26. The molecule has 0 N–H and O–H groups in total. The van der Waals surface area contributed by atoms with Crippen molar-refractivity contribution >= 4 is 22.9 Å². The number of para-hydroxylation sites is 1. The molecule has 0 atom stereocenters. The van der Waals surface area contributed by atoms with Crippen LogP contribution in [-0.4, -0.2) is 17.4 Å². The van der Waals surface area contributed by atoms with Crippen molar-refractivity contribution in [3.05, 3.63) is 45.4 Å². The topological polar surface area (TPSA) is 33.2 Å². The Bertz CT molecular complexity index is 703. The van der Waals surface area contributed by atoms with Crippen LogP contribution >= 0.6 is 11.3 Å². The van der Waals surface area contributed by atoms with Gasteiger partial charge in [-0.3, -0.25) is 4.79 Å². The number of rotatable bonds is 2. The summed E-state index contributed by atoms with van der Waals surface area (Å²) in [6, 6.07) is 8.25. The van der Waals surface area contributed by atoms with E-state index in [1.54, 1.807) is 11.3 Å². The van der Waals surface area contributed by atoms with E-state index in [1.807, 2.05) is 17.9 Å². The molecule has 108 valence electrons. The second kappa shape index (κ2) is 4.95. The van der Waals surface area contributed by atoms with Crippen LogP contribution in [-0.2, 0) is 6.42 Å². The predicted molar refractivity (Wildman–Crippen MR) is 85.3 cm³/mol. The minimum Gasteiger partial charge on any atom is -0.307 e. The molecule has 4 heteroatoms. The summed E-state index contributed by atoms with van der Waals surface area (Å²) < 4.78 is 0. The Kier molecular flexibility index (Phi) is 3.07. The third kappa shape index (κ3) is 2.27. The van der Waals surface area contributed by atoms with Gasteiger partial charge in [0.05, 0.1) is 10.7 Å². The van der Waals surface area contributed by atoms with Crippen molar-refractivity contribution in [2.75, 3.05) is 11.4 Å².